The van der Waals surface area contributed by atoms with Gasteiger partial charge in [0.25, 0.3) is 0 Å². The van der Waals surface area contributed by atoms with Crippen molar-refractivity contribution >= 4 is 11.9 Å². The number of carbonyl (C=O) groups excluding carboxylic acids is 2. The van der Waals surface area contributed by atoms with Gasteiger partial charge in [-0.2, -0.15) is 0 Å². The lowest BCUT2D eigenvalue weighted by Gasteiger charge is -2.29. The van der Waals surface area contributed by atoms with Crippen LogP contribution in [0.2, 0.25) is 0 Å². The minimum atomic E-state index is -1.13. The number of ether oxygens (including phenoxy) is 3. The fraction of sp³-hybridized carbons (Fsp3) is 0.263. The van der Waals surface area contributed by atoms with Crippen LogP contribution in [-0.2, 0) is 19.1 Å². The Kier molecular flexibility index (Phi) is 6.54. The van der Waals surface area contributed by atoms with Crippen molar-refractivity contribution in [1.29, 1.82) is 0 Å². The van der Waals surface area contributed by atoms with Crippen molar-refractivity contribution in [2.24, 2.45) is 11.7 Å². The highest BCUT2D eigenvalue weighted by Crippen LogP contribution is 2.30. The van der Waals surface area contributed by atoms with E-state index in [1.165, 1.54) is 0 Å². The molecule has 0 heterocycles. The fourth-order valence-corrected chi connectivity index (χ4v) is 2.30. The summed E-state index contributed by atoms with van der Waals surface area (Å²) in [5, 5.41) is 0. The highest BCUT2D eigenvalue weighted by Gasteiger charge is 2.31. The maximum Gasteiger partial charge on any atom is 0.419 e. The first-order valence-electron chi connectivity index (χ1n) is 7.84. The number of para-hydroxylation sites is 1. The largest absolute Gasteiger partial charge is 0.485 e. The molecule has 2 aromatic rings. The molecule has 0 aliphatic carbocycles. The van der Waals surface area contributed by atoms with Crippen molar-refractivity contribution in [3.63, 3.8) is 0 Å². The third-order valence-electron chi connectivity index (χ3n) is 3.73. The lowest BCUT2D eigenvalue weighted by atomic mass is 9.95. The summed E-state index contributed by atoms with van der Waals surface area (Å²) in [5.41, 5.74) is 6.85. The molecule has 2 rings (SSSR count). The van der Waals surface area contributed by atoms with E-state index >= 15 is 0 Å². The Morgan fingerprint density at radius 1 is 0.920 bits per heavy atom. The Bertz CT molecular complexity index is 689. The second-order valence-corrected chi connectivity index (χ2v) is 5.48. The van der Waals surface area contributed by atoms with Gasteiger partial charge in [0.1, 0.15) is 11.9 Å². The number of methoxy groups -OCH3 is 1. The molecule has 0 aliphatic heterocycles. The predicted octanol–water partition coefficient (Wildman–Crippen LogP) is 2.44. The topological polar surface area (TPSA) is 87.9 Å². The van der Waals surface area contributed by atoms with Crippen LogP contribution in [0.1, 0.15) is 18.6 Å². The average Bonchev–Trinajstić information content (AvgIpc) is 2.66. The number of benzene rings is 2. The summed E-state index contributed by atoms with van der Waals surface area (Å²) in [5.74, 6) is -1.98. The van der Waals surface area contributed by atoms with Gasteiger partial charge < -0.3 is 14.2 Å². The van der Waals surface area contributed by atoms with E-state index in [0.29, 0.717) is 5.75 Å². The summed E-state index contributed by atoms with van der Waals surface area (Å²) in [6.45, 7) is 1.79. The minimum absolute atomic E-state index is 0.420. The number of nitrogens with two attached hydrogens (primary N) is 1. The summed E-state index contributed by atoms with van der Waals surface area (Å²) in [6.07, 6.45) is -1.51. The van der Waals surface area contributed by atoms with Crippen molar-refractivity contribution < 1.29 is 23.8 Å². The van der Waals surface area contributed by atoms with Gasteiger partial charge in [-0.15, -0.1) is 0 Å². The molecule has 0 bridgehead atoms. The second kappa shape index (κ2) is 8.84. The molecule has 0 fully saturated rings. The Morgan fingerprint density at radius 3 is 2.04 bits per heavy atom. The number of rotatable bonds is 6. The molecule has 2 aromatic carbocycles. The van der Waals surface area contributed by atoms with Crippen molar-refractivity contribution in [2.75, 3.05) is 7.11 Å². The van der Waals surface area contributed by atoms with Gasteiger partial charge in [-0.25, -0.2) is 9.59 Å². The van der Waals surface area contributed by atoms with E-state index in [1.807, 2.05) is 60.7 Å². The minimum Gasteiger partial charge on any atom is -0.485 e. The van der Waals surface area contributed by atoms with Gasteiger partial charge in [0.2, 0.25) is 0 Å². The van der Waals surface area contributed by atoms with Crippen molar-refractivity contribution in [1.82, 2.24) is 0 Å². The lowest BCUT2D eigenvalue weighted by molar-refractivity contribution is -0.171. The third kappa shape index (κ3) is 5.06. The molecule has 3 atom stereocenters. The maximum absolute atomic E-state index is 11.6. The van der Waals surface area contributed by atoms with E-state index in [1.54, 1.807) is 6.92 Å². The van der Waals surface area contributed by atoms with Crippen LogP contribution in [0.25, 0.3) is 0 Å². The quantitative estimate of drug-likeness (QED) is 0.492. The molecule has 25 heavy (non-hydrogen) atoms. The molecule has 0 saturated heterocycles. The number of hydrogen-bond acceptors (Lipinski definition) is 6. The van der Waals surface area contributed by atoms with Crippen LogP contribution in [0.5, 0.6) is 5.75 Å². The Morgan fingerprint density at radius 2 is 1.48 bits per heavy atom. The van der Waals surface area contributed by atoms with Crippen LogP contribution >= 0.6 is 0 Å². The molecule has 0 aliphatic rings. The molecule has 0 amide bonds. The van der Waals surface area contributed by atoms with Crippen molar-refractivity contribution in [2.45, 2.75) is 19.3 Å². The smallest absolute Gasteiger partial charge is 0.419 e. The van der Waals surface area contributed by atoms with Crippen LogP contribution in [0.3, 0.4) is 0 Å². The zero-order chi connectivity index (χ0) is 18.2. The van der Waals surface area contributed by atoms with E-state index < -0.39 is 30.2 Å². The van der Waals surface area contributed by atoms with Crippen LogP contribution in [0, 0.1) is 5.92 Å². The van der Waals surface area contributed by atoms with Gasteiger partial charge >= 0.3 is 11.9 Å². The van der Waals surface area contributed by atoms with Crippen LogP contribution in [-0.4, -0.2) is 25.3 Å². The summed E-state index contributed by atoms with van der Waals surface area (Å²) in [4.78, 5) is 22.8. The number of hydrogen-bond donors (Lipinski definition) is 1. The summed E-state index contributed by atoms with van der Waals surface area (Å²) in [6, 6.07) is 18.7. The van der Waals surface area contributed by atoms with Gasteiger partial charge in [-0.05, 0) is 17.7 Å². The van der Waals surface area contributed by atoms with Gasteiger partial charge in [-0.3, -0.25) is 5.73 Å². The Balaban J connectivity index is 2.19. The molecular formula is C19H21NO5. The standard InChI is InChI=1S/C19H21NO5/c1-13(17(20)25-19(22)18(21)23-2)16(14-9-5-3-6-10-14)24-15-11-7-4-8-12-15/h3-13,16-17H,20H2,1-2H3. The van der Waals surface area contributed by atoms with E-state index in [2.05, 4.69) is 4.74 Å². The van der Waals surface area contributed by atoms with Gasteiger partial charge in [0.15, 0.2) is 6.23 Å². The van der Waals surface area contributed by atoms with E-state index in [0.717, 1.165) is 12.7 Å². The molecule has 6 heteroatoms. The first-order valence-corrected chi connectivity index (χ1v) is 7.84. The lowest BCUT2D eigenvalue weighted by Crippen LogP contribution is -2.40. The summed E-state index contributed by atoms with van der Waals surface area (Å²) >= 11 is 0. The van der Waals surface area contributed by atoms with Crippen molar-refractivity contribution in [3.8, 4) is 5.75 Å². The highest BCUT2D eigenvalue weighted by atomic mass is 16.6. The summed E-state index contributed by atoms with van der Waals surface area (Å²) < 4.78 is 15.4. The van der Waals surface area contributed by atoms with Crippen molar-refractivity contribution in [3.05, 3.63) is 66.2 Å². The van der Waals surface area contributed by atoms with Crippen LogP contribution in [0.15, 0.2) is 60.7 Å². The average molecular weight is 343 g/mol. The monoisotopic (exact) mass is 343 g/mol. The fourth-order valence-electron chi connectivity index (χ4n) is 2.30. The Hall–Kier alpha value is -2.86. The normalized spacial score (nSPS) is 14.0. The molecule has 0 aromatic heterocycles. The molecule has 0 saturated carbocycles. The van der Waals surface area contributed by atoms with Gasteiger partial charge in [0, 0.05) is 5.92 Å². The van der Waals surface area contributed by atoms with Crippen LogP contribution in [0.4, 0.5) is 0 Å². The van der Waals surface area contributed by atoms with E-state index in [-0.39, 0.29) is 0 Å². The third-order valence-corrected chi connectivity index (χ3v) is 3.73. The van der Waals surface area contributed by atoms with Crippen LogP contribution < -0.4 is 10.5 Å². The maximum atomic E-state index is 11.6. The highest BCUT2D eigenvalue weighted by molar-refractivity contribution is 6.29. The molecule has 0 radical (unpaired) electrons. The second-order valence-electron chi connectivity index (χ2n) is 5.48. The van der Waals surface area contributed by atoms with E-state index in [4.69, 9.17) is 15.2 Å². The zero-order valence-corrected chi connectivity index (χ0v) is 14.1. The Labute approximate surface area is 146 Å². The first-order chi connectivity index (χ1) is 12.0. The zero-order valence-electron chi connectivity index (χ0n) is 14.1. The van der Waals surface area contributed by atoms with Gasteiger partial charge in [-0.1, -0.05) is 55.5 Å². The summed E-state index contributed by atoms with van der Waals surface area (Å²) in [7, 11) is 1.10. The molecular weight excluding hydrogens is 322 g/mol. The SMILES string of the molecule is COC(=O)C(=O)OC(N)C(C)C(Oc1ccccc1)c1ccccc1. The van der Waals surface area contributed by atoms with E-state index in [9.17, 15) is 9.59 Å². The molecule has 132 valence electrons. The first kappa shape index (κ1) is 18.5. The molecule has 2 N–H and O–H groups in total. The predicted molar refractivity (Wildman–Crippen MR) is 91.5 cm³/mol. The molecule has 0 spiro atoms. The van der Waals surface area contributed by atoms with Gasteiger partial charge in [0.05, 0.1) is 7.11 Å². The number of carbonyl (C=O) groups is 2. The molecule has 6 nitrogen and oxygen atoms in total. The number of esters is 2. The molecule has 3 unspecified atom stereocenters.